The van der Waals surface area contributed by atoms with Crippen LogP contribution in [-0.2, 0) is 14.3 Å². The lowest BCUT2D eigenvalue weighted by Gasteiger charge is -2.04. The summed E-state index contributed by atoms with van der Waals surface area (Å²) >= 11 is 11.7. The average molecular weight is 359 g/mol. The molecule has 0 bridgehead atoms. The maximum absolute atomic E-state index is 11.6. The normalized spacial score (nSPS) is 10.7. The van der Waals surface area contributed by atoms with Crippen LogP contribution in [0.3, 0.4) is 0 Å². The molecular formula is C17H20Cl2O4. The first kappa shape index (κ1) is 19.5. The lowest BCUT2D eigenvalue weighted by Crippen LogP contribution is -2.07. The molecule has 0 saturated heterocycles. The SMILES string of the molecule is CCCCCCCOC(=O)/C=C/C(=O)Oc1cccc(Cl)c1Cl. The number of halogens is 2. The van der Waals surface area contributed by atoms with Gasteiger partial charge in [0.2, 0.25) is 0 Å². The summed E-state index contributed by atoms with van der Waals surface area (Å²) in [6.07, 6.45) is 7.37. The van der Waals surface area contributed by atoms with Crippen LogP contribution >= 0.6 is 23.2 Å². The molecule has 0 aromatic heterocycles. The number of ether oxygens (including phenoxy) is 2. The summed E-state index contributed by atoms with van der Waals surface area (Å²) in [5.74, 6) is -1.16. The van der Waals surface area contributed by atoms with Gasteiger partial charge < -0.3 is 9.47 Å². The Bertz CT molecular complexity index is 556. The van der Waals surface area contributed by atoms with E-state index in [-0.39, 0.29) is 15.8 Å². The van der Waals surface area contributed by atoms with Crippen LogP contribution in [0.5, 0.6) is 5.75 Å². The maximum Gasteiger partial charge on any atom is 0.336 e. The van der Waals surface area contributed by atoms with Crippen molar-refractivity contribution in [3.8, 4) is 5.75 Å². The number of carbonyl (C=O) groups is 2. The third-order valence-corrected chi connectivity index (χ3v) is 3.78. The van der Waals surface area contributed by atoms with Crippen molar-refractivity contribution in [2.75, 3.05) is 6.61 Å². The predicted octanol–water partition coefficient (Wildman–Crippen LogP) is 4.97. The van der Waals surface area contributed by atoms with Crippen molar-refractivity contribution in [2.45, 2.75) is 39.0 Å². The largest absolute Gasteiger partial charge is 0.463 e. The molecule has 6 heteroatoms. The Kier molecular flexibility index (Phi) is 9.41. The monoisotopic (exact) mass is 358 g/mol. The Labute approximate surface area is 146 Å². The van der Waals surface area contributed by atoms with E-state index in [1.165, 1.54) is 18.9 Å². The van der Waals surface area contributed by atoms with Crippen molar-refractivity contribution >= 4 is 35.1 Å². The van der Waals surface area contributed by atoms with Crippen LogP contribution in [0.4, 0.5) is 0 Å². The summed E-state index contributed by atoms with van der Waals surface area (Å²) in [6, 6.07) is 4.69. The van der Waals surface area contributed by atoms with Gasteiger partial charge in [-0.05, 0) is 18.6 Å². The van der Waals surface area contributed by atoms with Gasteiger partial charge in [0.25, 0.3) is 0 Å². The highest BCUT2D eigenvalue weighted by atomic mass is 35.5. The van der Waals surface area contributed by atoms with Crippen molar-refractivity contribution in [1.82, 2.24) is 0 Å². The second-order valence-electron chi connectivity index (χ2n) is 4.89. The molecule has 0 heterocycles. The first-order chi connectivity index (χ1) is 11.0. The summed E-state index contributed by atoms with van der Waals surface area (Å²) < 4.78 is 9.98. The van der Waals surface area contributed by atoms with Gasteiger partial charge in [0.1, 0.15) is 5.02 Å². The molecule has 0 saturated carbocycles. The molecule has 0 amide bonds. The zero-order valence-electron chi connectivity index (χ0n) is 13.0. The van der Waals surface area contributed by atoms with Crippen LogP contribution in [0.25, 0.3) is 0 Å². The third kappa shape index (κ3) is 8.05. The van der Waals surface area contributed by atoms with E-state index in [0.717, 1.165) is 31.4 Å². The Hall–Kier alpha value is -1.52. The standard InChI is InChI=1S/C17H20Cl2O4/c1-2-3-4-5-6-12-22-15(20)10-11-16(21)23-14-9-7-8-13(18)17(14)19/h7-11H,2-6,12H2,1H3/b11-10+. The lowest BCUT2D eigenvalue weighted by atomic mass is 10.2. The molecule has 0 unspecified atom stereocenters. The van der Waals surface area contributed by atoms with Crippen LogP contribution in [0, 0.1) is 0 Å². The van der Waals surface area contributed by atoms with Crippen LogP contribution in [-0.4, -0.2) is 18.5 Å². The fourth-order valence-electron chi connectivity index (χ4n) is 1.77. The van der Waals surface area contributed by atoms with E-state index in [4.69, 9.17) is 32.7 Å². The van der Waals surface area contributed by atoms with Gasteiger partial charge in [0, 0.05) is 12.2 Å². The van der Waals surface area contributed by atoms with Gasteiger partial charge in [0.05, 0.1) is 11.6 Å². The van der Waals surface area contributed by atoms with Crippen molar-refractivity contribution in [3.05, 3.63) is 40.4 Å². The lowest BCUT2D eigenvalue weighted by molar-refractivity contribution is -0.138. The Morgan fingerprint density at radius 2 is 1.74 bits per heavy atom. The van der Waals surface area contributed by atoms with Gasteiger partial charge in [-0.1, -0.05) is 61.9 Å². The molecule has 1 aromatic rings. The quantitative estimate of drug-likeness (QED) is 0.270. The zero-order valence-corrected chi connectivity index (χ0v) is 14.5. The van der Waals surface area contributed by atoms with Crippen molar-refractivity contribution in [3.63, 3.8) is 0 Å². The number of carbonyl (C=O) groups excluding carboxylic acids is 2. The Morgan fingerprint density at radius 1 is 1.04 bits per heavy atom. The minimum atomic E-state index is -0.728. The minimum Gasteiger partial charge on any atom is -0.463 e. The minimum absolute atomic E-state index is 0.137. The molecule has 126 valence electrons. The Balaban J connectivity index is 2.31. The summed E-state index contributed by atoms with van der Waals surface area (Å²) in [5.41, 5.74) is 0. The number of benzene rings is 1. The zero-order chi connectivity index (χ0) is 17.1. The van der Waals surface area contributed by atoms with E-state index in [2.05, 4.69) is 6.92 Å². The van der Waals surface area contributed by atoms with E-state index >= 15 is 0 Å². The van der Waals surface area contributed by atoms with E-state index in [9.17, 15) is 9.59 Å². The van der Waals surface area contributed by atoms with Crippen LogP contribution in [0.2, 0.25) is 10.0 Å². The number of unbranched alkanes of at least 4 members (excludes halogenated alkanes) is 4. The van der Waals surface area contributed by atoms with Gasteiger partial charge in [0.15, 0.2) is 5.75 Å². The molecule has 0 fully saturated rings. The highest BCUT2D eigenvalue weighted by Crippen LogP contribution is 2.31. The summed E-state index contributed by atoms with van der Waals surface area (Å²) in [4.78, 5) is 23.1. The van der Waals surface area contributed by atoms with Crippen molar-refractivity contribution in [2.24, 2.45) is 0 Å². The summed E-state index contributed by atoms with van der Waals surface area (Å²) in [5, 5.41) is 0.425. The number of hydrogen-bond donors (Lipinski definition) is 0. The van der Waals surface area contributed by atoms with E-state index < -0.39 is 11.9 Å². The number of rotatable bonds is 9. The first-order valence-corrected chi connectivity index (χ1v) is 8.30. The Morgan fingerprint density at radius 3 is 2.48 bits per heavy atom. The molecule has 0 aliphatic rings. The van der Waals surface area contributed by atoms with Crippen LogP contribution in [0.15, 0.2) is 30.4 Å². The highest BCUT2D eigenvalue weighted by Gasteiger charge is 2.09. The second kappa shape index (κ2) is 11.1. The fraction of sp³-hybridized carbons (Fsp3) is 0.412. The van der Waals surface area contributed by atoms with E-state index in [1.807, 2.05) is 0 Å². The molecule has 0 spiro atoms. The van der Waals surface area contributed by atoms with Gasteiger partial charge in [-0.2, -0.15) is 0 Å². The molecular weight excluding hydrogens is 339 g/mol. The fourth-order valence-corrected chi connectivity index (χ4v) is 2.10. The average Bonchev–Trinajstić information content (AvgIpc) is 2.53. The predicted molar refractivity (Wildman–Crippen MR) is 91.0 cm³/mol. The summed E-state index contributed by atoms with van der Waals surface area (Å²) in [7, 11) is 0. The van der Waals surface area contributed by atoms with Crippen LogP contribution in [0.1, 0.15) is 39.0 Å². The van der Waals surface area contributed by atoms with Gasteiger partial charge in [-0.3, -0.25) is 0 Å². The second-order valence-corrected chi connectivity index (χ2v) is 5.67. The first-order valence-electron chi connectivity index (χ1n) is 7.55. The smallest absolute Gasteiger partial charge is 0.336 e. The van der Waals surface area contributed by atoms with Crippen molar-refractivity contribution < 1.29 is 19.1 Å². The highest BCUT2D eigenvalue weighted by molar-refractivity contribution is 6.43. The topological polar surface area (TPSA) is 52.6 Å². The summed E-state index contributed by atoms with van der Waals surface area (Å²) in [6.45, 7) is 2.49. The van der Waals surface area contributed by atoms with Crippen molar-refractivity contribution in [1.29, 1.82) is 0 Å². The molecule has 1 aromatic carbocycles. The molecule has 0 aliphatic heterocycles. The van der Waals surface area contributed by atoms with Crippen LogP contribution < -0.4 is 4.74 Å². The maximum atomic E-state index is 11.6. The van der Waals surface area contributed by atoms with E-state index in [1.54, 1.807) is 12.1 Å². The molecule has 0 radical (unpaired) electrons. The third-order valence-electron chi connectivity index (χ3n) is 2.97. The van der Waals surface area contributed by atoms with E-state index in [0.29, 0.717) is 6.61 Å². The number of hydrogen-bond acceptors (Lipinski definition) is 4. The molecule has 0 aliphatic carbocycles. The number of esters is 2. The molecule has 1 rings (SSSR count). The van der Waals surface area contributed by atoms with Gasteiger partial charge in [-0.25, -0.2) is 9.59 Å². The van der Waals surface area contributed by atoms with Gasteiger partial charge >= 0.3 is 11.9 Å². The van der Waals surface area contributed by atoms with Gasteiger partial charge in [-0.15, -0.1) is 0 Å². The molecule has 0 atom stereocenters. The molecule has 0 N–H and O–H groups in total. The molecule has 4 nitrogen and oxygen atoms in total. The molecule has 23 heavy (non-hydrogen) atoms.